The fourth-order valence-electron chi connectivity index (χ4n) is 3.34. The quantitative estimate of drug-likeness (QED) is 0.372. The van der Waals surface area contributed by atoms with Crippen molar-refractivity contribution in [3.05, 3.63) is 42.5 Å². The maximum absolute atomic E-state index is 4.48. The fraction of sp³-hybridized carbons (Fsp3) is 0.667. The van der Waals surface area contributed by atoms with Gasteiger partial charge in [-0.15, -0.1) is 0 Å². The van der Waals surface area contributed by atoms with Crippen LogP contribution < -0.4 is 0 Å². The summed E-state index contributed by atoms with van der Waals surface area (Å²) < 4.78 is 1.21. The van der Waals surface area contributed by atoms with Crippen molar-refractivity contribution < 1.29 is 4.48 Å². The molecule has 1 aromatic carbocycles. The van der Waals surface area contributed by atoms with E-state index in [2.05, 4.69) is 78.5 Å². The van der Waals surface area contributed by atoms with Gasteiger partial charge < -0.3 is 4.48 Å². The second-order valence-electron chi connectivity index (χ2n) is 9.19. The Balaban J connectivity index is 2.99. The van der Waals surface area contributed by atoms with Crippen LogP contribution in [0.25, 0.3) is 5.57 Å². The van der Waals surface area contributed by atoms with Crippen LogP contribution in [0.15, 0.2) is 36.9 Å². The average molecular weight is 345 g/mol. The lowest BCUT2D eigenvalue weighted by Gasteiger charge is -2.41. The third-order valence-electron chi connectivity index (χ3n) is 5.25. The highest BCUT2D eigenvalue weighted by molar-refractivity contribution is 5.63. The van der Waals surface area contributed by atoms with Gasteiger partial charge >= 0.3 is 0 Å². The SMILES string of the molecule is C=C(C[N+](CCC(C)C)(CCC(C)C)CCC(C)C)c1ccccc1. The Morgan fingerprint density at radius 1 is 0.760 bits per heavy atom. The van der Waals surface area contributed by atoms with Crippen molar-refractivity contribution in [2.45, 2.75) is 60.8 Å². The number of rotatable bonds is 12. The smallest absolute Gasteiger partial charge is 0.104 e. The molecule has 0 unspecified atom stereocenters. The molecule has 1 rings (SSSR count). The van der Waals surface area contributed by atoms with Crippen LogP contribution in [-0.4, -0.2) is 30.7 Å². The van der Waals surface area contributed by atoms with E-state index in [4.69, 9.17) is 0 Å². The van der Waals surface area contributed by atoms with Crippen molar-refractivity contribution in [2.24, 2.45) is 17.8 Å². The molecule has 25 heavy (non-hydrogen) atoms. The van der Waals surface area contributed by atoms with Gasteiger partial charge in [-0.2, -0.15) is 0 Å². The Morgan fingerprint density at radius 2 is 1.16 bits per heavy atom. The van der Waals surface area contributed by atoms with E-state index < -0.39 is 0 Å². The van der Waals surface area contributed by atoms with Crippen LogP contribution in [0, 0.1) is 17.8 Å². The highest BCUT2D eigenvalue weighted by atomic mass is 15.3. The van der Waals surface area contributed by atoms with Gasteiger partial charge in [0.2, 0.25) is 0 Å². The first-order valence-corrected chi connectivity index (χ1v) is 10.3. The molecule has 0 aliphatic rings. The number of hydrogen-bond donors (Lipinski definition) is 0. The van der Waals surface area contributed by atoms with Crippen molar-refractivity contribution in [3.63, 3.8) is 0 Å². The van der Waals surface area contributed by atoms with Crippen molar-refractivity contribution in [2.75, 3.05) is 26.2 Å². The predicted molar refractivity (Wildman–Crippen MR) is 114 cm³/mol. The van der Waals surface area contributed by atoms with Gasteiger partial charge in [0.25, 0.3) is 0 Å². The van der Waals surface area contributed by atoms with Crippen LogP contribution >= 0.6 is 0 Å². The van der Waals surface area contributed by atoms with Gasteiger partial charge in [-0.25, -0.2) is 0 Å². The second-order valence-corrected chi connectivity index (χ2v) is 9.19. The molecule has 0 saturated carbocycles. The molecule has 0 bridgehead atoms. The Morgan fingerprint density at radius 3 is 1.52 bits per heavy atom. The molecule has 0 heterocycles. The highest BCUT2D eigenvalue weighted by Gasteiger charge is 2.29. The van der Waals surface area contributed by atoms with E-state index in [1.54, 1.807) is 0 Å². The minimum atomic E-state index is 0.764. The van der Waals surface area contributed by atoms with E-state index in [0.717, 1.165) is 24.3 Å². The molecule has 0 aliphatic carbocycles. The fourth-order valence-corrected chi connectivity index (χ4v) is 3.34. The lowest BCUT2D eigenvalue weighted by molar-refractivity contribution is -0.922. The maximum Gasteiger partial charge on any atom is 0.104 e. The van der Waals surface area contributed by atoms with Gasteiger partial charge in [0.15, 0.2) is 0 Å². The zero-order valence-electron chi connectivity index (χ0n) is 17.7. The molecule has 1 nitrogen and oxygen atoms in total. The topological polar surface area (TPSA) is 0 Å². The molecule has 1 heteroatoms. The van der Waals surface area contributed by atoms with Crippen LogP contribution in [0.3, 0.4) is 0 Å². The summed E-state index contributed by atoms with van der Waals surface area (Å²) in [5.74, 6) is 2.29. The third-order valence-corrected chi connectivity index (χ3v) is 5.25. The summed E-state index contributed by atoms with van der Waals surface area (Å²) >= 11 is 0. The van der Waals surface area contributed by atoms with Gasteiger partial charge in [-0.3, -0.25) is 0 Å². The summed E-state index contributed by atoms with van der Waals surface area (Å²) in [5, 5.41) is 0. The third kappa shape index (κ3) is 8.72. The molecule has 0 spiro atoms. The molecular formula is C24H42N+. The van der Waals surface area contributed by atoms with Gasteiger partial charge in [-0.1, -0.05) is 78.5 Å². The summed E-state index contributed by atoms with van der Waals surface area (Å²) in [6, 6.07) is 10.8. The summed E-state index contributed by atoms with van der Waals surface area (Å²) in [6.45, 7) is 23.5. The number of nitrogens with zero attached hydrogens (tertiary/aromatic N) is 1. The Hall–Kier alpha value is -1.08. The lowest BCUT2D eigenvalue weighted by atomic mass is 10.00. The van der Waals surface area contributed by atoms with E-state index in [9.17, 15) is 0 Å². The number of quaternary nitrogens is 1. The van der Waals surface area contributed by atoms with E-state index in [-0.39, 0.29) is 0 Å². The predicted octanol–water partition coefficient (Wildman–Crippen LogP) is 6.65. The number of hydrogen-bond acceptors (Lipinski definition) is 0. The Kier molecular flexibility index (Phi) is 9.50. The molecule has 0 radical (unpaired) electrons. The zero-order valence-corrected chi connectivity index (χ0v) is 17.7. The molecule has 142 valence electrons. The van der Waals surface area contributed by atoms with E-state index >= 15 is 0 Å². The molecule has 1 aromatic rings. The Labute approximate surface area is 157 Å². The van der Waals surface area contributed by atoms with E-state index in [0.29, 0.717) is 0 Å². The molecule has 0 atom stereocenters. The van der Waals surface area contributed by atoms with E-state index in [1.165, 1.54) is 54.5 Å². The number of benzene rings is 1. The van der Waals surface area contributed by atoms with Crippen molar-refractivity contribution in [1.82, 2.24) is 0 Å². The largest absolute Gasteiger partial charge is 0.320 e. The van der Waals surface area contributed by atoms with Crippen molar-refractivity contribution in [1.29, 1.82) is 0 Å². The summed E-state index contributed by atoms with van der Waals surface area (Å²) in [4.78, 5) is 0. The maximum atomic E-state index is 4.48. The normalized spacial score (nSPS) is 12.4. The first-order valence-electron chi connectivity index (χ1n) is 10.3. The van der Waals surface area contributed by atoms with Crippen LogP contribution in [0.2, 0.25) is 0 Å². The molecule has 0 N–H and O–H groups in total. The molecule has 0 aromatic heterocycles. The van der Waals surface area contributed by atoms with Crippen LogP contribution in [0.1, 0.15) is 66.4 Å². The van der Waals surface area contributed by atoms with Gasteiger partial charge in [0.05, 0.1) is 19.6 Å². The van der Waals surface area contributed by atoms with Crippen LogP contribution in [-0.2, 0) is 0 Å². The minimum absolute atomic E-state index is 0.764. The standard InChI is InChI=1S/C24H42N/c1-20(2)13-16-25(17-14-21(3)4,18-15-22(5)6)19-23(7)24-11-9-8-10-12-24/h8-12,20-22H,7,13-19H2,1-6H3/q+1. The molecule has 0 amide bonds. The Bertz CT molecular complexity index is 453. The van der Waals surface area contributed by atoms with Crippen molar-refractivity contribution in [3.8, 4) is 0 Å². The van der Waals surface area contributed by atoms with E-state index in [1.807, 2.05) is 0 Å². The van der Waals surface area contributed by atoms with Gasteiger partial charge in [-0.05, 0) is 42.6 Å². The van der Waals surface area contributed by atoms with Gasteiger partial charge in [0, 0.05) is 5.57 Å². The van der Waals surface area contributed by atoms with Crippen LogP contribution in [0.5, 0.6) is 0 Å². The molecule has 0 aliphatic heterocycles. The summed E-state index contributed by atoms with van der Waals surface area (Å²) in [7, 11) is 0. The summed E-state index contributed by atoms with van der Waals surface area (Å²) in [6.07, 6.45) is 3.91. The molecule has 0 saturated heterocycles. The first-order chi connectivity index (χ1) is 11.7. The molecular weight excluding hydrogens is 302 g/mol. The summed E-state index contributed by atoms with van der Waals surface area (Å²) in [5.41, 5.74) is 2.61. The zero-order chi connectivity index (χ0) is 18.9. The lowest BCUT2D eigenvalue weighted by Crippen LogP contribution is -2.52. The first kappa shape index (κ1) is 22.0. The van der Waals surface area contributed by atoms with Crippen molar-refractivity contribution >= 4 is 5.57 Å². The highest BCUT2D eigenvalue weighted by Crippen LogP contribution is 2.24. The van der Waals surface area contributed by atoms with Crippen LogP contribution in [0.4, 0.5) is 0 Å². The average Bonchev–Trinajstić information content (AvgIpc) is 2.56. The monoisotopic (exact) mass is 344 g/mol. The second kappa shape index (κ2) is 10.8. The van der Waals surface area contributed by atoms with Gasteiger partial charge in [0.1, 0.15) is 6.54 Å². The molecule has 0 fully saturated rings. The minimum Gasteiger partial charge on any atom is -0.320 e.